The number of hydrogen-bond donors (Lipinski definition) is 3. The first kappa shape index (κ1) is 28.6. The SMILES string of the molecule is CS(C)(C)CCOCn1nc(-c2ccc(NC(=O)Nc3cc(C4(C(F)(F)F)CC4)no3)c(F)c2)c2c(N)ncnc21. The summed E-state index contributed by atoms with van der Waals surface area (Å²) in [6, 6.07) is 4.07. The molecule has 4 aromatic rings. The van der Waals surface area contributed by atoms with Crippen molar-refractivity contribution in [2.75, 3.05) is 47.5 Å². The third kappa shape index (κ3) is 5.93. The Morgan fingerprint density at radius 3 is 2.61 bits per heavy atom. The number of rotatable bonds is 9. The highest BCUT2D eigenvalue weighted by Crippen LogP contribution is 2.58. The van der Waals surface area contributed by atoms with Crippen molar-refractivity contribution in [2.45, 2.75) is 31.2 Å². The molecule has 0 radical (unpaired) electrons. The number of nitrogen functional groups attached to an aromatic ring is 1. The van der Waals surface area contributed by atoms with E-state index in [-0.39, 0.29) is 42.7 Å². The van der Waals surface area contributed by atoms with E-state index in [9.17, 15) is 18.0 Å². The minimum Gasteiger partial charge on any atom is -0.383 e. The number of nitrogens with one attached hydrogen (secondary N) is 2. The number of alkyl halides is 3. The van der Waals surface area contributed by atoms with Gasteiger partial charge in [-0.1, -0.05) is 11.2 Å². The lowest BCUT2D eigenvalue weighted by Gasteiger charge is -2.24. The van der Waals surface area contributed by atoms with Gasteiger partial charge in [0, 0.05) is 17.4 Å². The van der Waals surface area contributed by atoms with Crippen LogP contribution in [0.1, 0.15) is 18.5 Å². The molecular formula is C25H28F4N8O3S. The predicted octanol–water partition coefficient (Wildman–Crippen LogP) is 5.11. The lowest BCUT2D eigenvalue weighted by molar-refractivity contribution is -0.161. The Morgan fingerprint density at radius 1 is 1.20 bits per heavy atom. The van der Waals surface area contributed by atoms with E-state index in [1.165, 1.54) is 23.1 Å². The van der Waals surface area contributed by atoms with Crippen LogP contribution in [0.3, 0.4) is 0 Å². The summed E-state index contributed by atoms with van der Waals surface area (Å²) >= 11 is 0. The van der Waals surface area contributed by atoms with E-state index in [1.54, 1.807) is 0 Å². The minimum absolute atomic E-state index is 0.109. The number of anilines is 3. The highest BCUT2D eigenvalue weighted by Gasteiger charge is 2.66. The Morgan fingerprint density at radius 2 is 1.95 bits per heavy atom. The summed E-state index contributed by atoms with van der Waals surface area (Å²) in [5.41, 5.74) is 4.63. The zero-order valence-electron chi connectivity index (χ0n) is 22.4. The molecule has 11 nitrogen and oxygen atoms in total. The van der Waals surface area contributed by atoms with Gasteiger partial charge in [-0.2, -0.15) is 18.3 Å². The van der Waals surface area contributed by atoms with Crippen LogP contribution in [0, 0.1) is 5.82 Å². The van der Waals surface area contributed by atoms with E-state index in [1.807, 2.05) is 0 Å². The number of amides is 2. The summed E-state index contributed by atoms with van der Waals surface area (Å²) < 4.78 is 67.2. The third-order valence-corrected chi connectivity index (χ3v) is 8.02. The molecule has 1 fully saturated rings. The molecule has 0 saturated heterocycles. The topological polar surface area (TPSA) is 146 Å². The molecular weight excluding hydrogens is 568 g/mol. The molecule has 1 saturated carbocycles. The Hall–Kier alpha value is -3.92. The molecule has 2 amide bonds. The van der Waals surface area contributed by atoms with Gasteiger partial charge in [-0.05, 0) is 43.7 Å². The first-order chi connectivity index (χ1) is 19.3. The average Bonchev–Trinajstić information content (AvgIpc) is 3.44. The molecule has 0 spiro atoms. The molecule has 1 aliphatic rings. The van der Waals surface area contributed by atoms with Gasteiger partial charge in [-0.3, -0.25) is 5.32 Å². The molecule has 1 aliphatic carbocycles. The van der Waals surface area contributed by atoms with Crippen LogP contribution in [0.25, 0.3) is 22.3 Å². The molecule has 16 heteroatoms. The van der Waals surface area contributed by atoms with Crippen molar-refractivity contribution in [3.05, 3.63) is 42.1 Å². The fraction of sp³-hybridized carbons (Fsp3) is 0.400. The number of benzene rings is 1. The molecule has 1 aromatic carbocycles. The molecule has 0 bridgehead atoms. The smallest absolute Gasteiger partial charge is 0.383 e. The second kappa shape index (κ2) is 10.5. The normalized spacial score (nSPS) is 15.2. The predicted molar refractivity (Wildman–Crippen MR) is 147 cm³/mol. The number of nitrogens with two attached hydrogens (primary N) is 1. The summed E-state index contributed by atoms with van der Waals surface area (Å²) in [5.74, 6) is -0.0339. The van der Waals surface area contributed by atoms with Crippen LogP contribution < -0.4 is 16.4 Å². The number of carbonyl (C=O) groups is 1. The zero-order valence-corrected chi connectivity index (χ0v) is 23.2. The van der Waals surface area contributed by atoms with E-state index < -0.39 is 33.5 Å². The van der Waals surface area contributed by atoms with Gasteiger partial charge in [0.05, 0.1) is 17.7 Å². The van der Waals surface area contributed by atoms with Gasteiger partial charge in [0.1, 0.15) is 41.5 Å². The van der Waals surface area contributed by atoms with Crippen molar-refractivity contribution >= 4 is 44.5 Å². The number of urea groups is 1. The number of ether oxygens (including phenoxy) is 1. The van der Waals surface area contributed by atoms with E-state index >= 15 is 4.39 Å². The van der Waals surface area contributed by atoms with Crippen molar-refractivity contribution < 1.29 is 31.6 Å². The van der Waals surface area contributed by atoms with Crippen LogP contribution >= 0.6 is 10.0 Å². The van der Waals surface area contributed by atoms with Gasteiger partial charge in [0.2, 0.25) is 5.88 Å². The second-order valence-electron chi connectivity index (χ2n) is 10.6. The van der Waals surface area contributed by atoms with Crippen LogP contribution in [0.15, 0.2) is 35.1 Å². The van der Waals surface area contributed by atoms with Crippen molar-refractivity contribution in [2.24, 2.45) is 0 Å². The van der Waals surface area contributed by atoms with Crippen molar-refractivity contribution in [3.63, 3.8) is 0 Å². The Labute approximate surface area is 233 Å². The molecule has 3 aromatic heterocycles. The fourth-order valence-electron chi connectivity index (χ4n) is 4.18. The summed E-state index contributed by atoms with van der Waals surface area (Å²) in [5, 5.41) is 12.9. The second-order valence-corrected chi connectivity index (χ2v) is 15.2. The number of halogens is 4. The maximum absolute atomic E-state index is 15.1. The summed E-state index contributed by atoms with van der Waals surface area (Å²) in [6.07, 6.45) is 3.17. The highest BCUT2D eigenvalue weighted by atomic mass is 32.3. The van der Waals surface area contributed by atoms with Crippen LogP contribution in [0.2, 0.25) is 0 Å². The summed E-state index contributed by atoms with van der Waals surface area (Å²) in [7, 11) is -0.734. The molecule has 4 N–H and O–H groups in total. The van der Waals surface area contributed by atoms with Gasteiger partial charge in [0.15, 0.2) is 5.65 Å². The summed E-state index contributed by atoms with van der Waals surface area (Å²) in [4.78, 5) is 20.7. The number of fused-ring (bicyclic) bond motifs is 1. The number of carbonyl (C=O) groups excluding carboxylic acids is 1. The molecule has 3 heterocycles. The van der Waals surface area contributed by atoms with Gasteiger partial charge in [-0.15, -0.1) is 0 Å². The molecule has 0 atom stereocenters. The fourth-order valence-corrected chi connectivity index (χ4v) is 4.80. The van der Waals surface area contributed by atoms with E-state index in [2.05, 4.69) is 49.6 Å². The third-order valence-electron chi connectivity index (χ3n) is 6.63. The zero-order chi connectivity index (χ0) is 29.6. The Bertz CT molecular complexity index is 1590. The van der Waals surface area contributed by atoms with Gasteiger partial charge >= 0.3 is 12.2 Å². The Kier molecular flexibility index (Phi) is 7.31. The molecule has 0 aliphatic heterocycles. The summed E-state index contributed by atoms with van der Waals surface area (Å²) in [6.45, 7) is 0.643. The van der Waals surface area contributed by atoms with E-state index in [0.717, 1.165) is 17.9 Å². The minimum atomic E-state index is -4.48. The number of nitrogens with zero attached hydrogens (tertiary/aromatic N) is 5. The van der Waals surface area contributed by atoms with Crippen LogP contribution in [0.4, 0.5) is 39.7 Å². The molecule has 41 heavy (non-hydrogen) atoms. The van der Waals surface area contributed by atoms with Crippen molar-refractivity contribution in [3.8, 4) is 11.3 Å². The molecule has 5 rings (SSSR count). The van der Waals surface area contributed by atoms with Gasteiger partial charge in [0.25, 0.3) is 0 Å². The first-order valence-corrected chi connectivity index (χ1v) is 15.4. The van der Waals surface area contributed by atoms with Crippen LogP contribution in [0.5, 0.6) is 0 Å². The van der Waals surface area contributed by atoms with Gasteiger partial charge in [-0.25, -0.2) is 33.9 Å². The quantitative estimate of drug-likeness (QED) is 0.179. The largest absolute Gasteiger partial charge is 0.400 e. The standard InChI is InChI=1S/C25H28F4N8O3S/c1-41(2,3)9-8-39-13-37-22-19(21(30)31-12-32-22)20(35-37)14-4-5-16(15(26)10-14)33-23(38)34-18-11-17(36-40-18)24(6-7-24)25(27,28)29/h4-5,10-12H,6-9,13H2,1-3H3,(H2,30,31,32)(H2,33,34,38). The average molecular weight is 597 g/mol. The van der Waals surface area contributed by atoms with Gasteiger partial charge < -0.3 is 20.3 Å². The lowest BCUT2D eigenvalue weighted by Crippen LogP contribution is -2.28. The first-order valence-electron chi connectivity index (χ1n) is 12.4. The van der Waals surface area contributed by atoms with Crippen LogP contribution in [-0.2, 0) is 16.9 Å². The van der Waals surface area contributed by atoms with Crippen molar-refractivity contribution in [1.29, 1.82) is 0 Å². The number of aromatic nitrogens is 5. The highest BCUT2D eigenvalue weighted by molar-refractivity contribution is 8.32. The van der Waals surface area contributed by atoms with E-state index in [0.29, 0.717) is 28.9 Å². The monoisotopic (exact) mass is 596 g/mol. The Balaban J connectivity index is 1.30. The maximum Gasteiger partial charge on any atom is 0.400 e. The molecule has 220 valence electrons. The number of hydrogen-bond acceptors (Lipinski definition) is 8. The lowest BCUT2D eigenvalue weighted by atomic mass is 10.0. The molecule has 0 unspecified atom stereocenters. The van der Waals surface area contributed by atoms with E-state index in [4.69, 9.17) is 15.0 Å². The maximum atomic E-state index is 15.1. The van der Waals surface area contributed by atoms with Crippen LogP contribution in [-0.4, -0.2) is 68.2 Å². The van der Waals surface area contributed by atoms with Crippen molar-refractivity contribution in [1.82, 2.24) is 24.9 Å².